The van der Waals surface area contributed by atoms with Gasteiger partial charge in [0.15, 0.2) is 0 Å². The summed E-state index contributed by atoms with van der Waals surface area (Å²) >= 11 is 0. The number of nitrogen functional groups attached to an aromatic ring is 1. The van der Waals surface area contributed by atoms with Crippen LogP contribution in [0.2, 0.25) is 0 Å². The summed E-state index contributed by atoms with van der Waals surface area (Å²) in [6, 6.07) is 6.67. The molecule has 1 aromatic rings. The summed E-state index contributed by atoms with van der Waals surface area (Å²) in [4.78, 5) is 11.2. The average molecular weight is 223 g/mol. The van der Waals surface area contributed by atoms with Crippen LogP contribution in [0, 0.1) is 0 Å². The second kappa shape index (κ2) is 6.71. The Kier molecular flexibility index (Phi) is 5.19. The van der Waals surface area contributed by atoms with Gasteiger partial charge in [0.05, 0.1) is 6.61 Å². The first-order chi connectivity index (χ1) is 7.72. The van der Waals surface area contributed by atoms with Crippen molar-refractivity contribution in [3.05, 3.63) is 24.3 Å². The molecular weight excluding hydrogens is 206 g/mol. The molecule has 0 saturated carbocycles. The van der Waals surface area contributed by atoms with E-state index in [0.29, 0.717) is 18.0 Å². The Labute approximate surface area is 95.3 Å². The van der Waals surface area contributed by atoms with Crippen LogP contribution in [0.4, 0.5) is 10.5 Å². The second-order valence-electron chi connectivity index (χ2n) is 3.48. The molecule has 0 amide bonds. The van der Waals surface area contributed by atoms with Gasteiger partial charge in [-0.05, 0) is 18.6 Å². The molecule has 0 unspecified atom stereocenters. The molecule has 0 aliphatic heterocycles. The van der Waals surface area contributed by atoms with E-state index in [4.69, 9.17) is 15.2 Å². The quantitative estimate of drug-likeness (QED) is 0.361. The largest absolute Gasteiger partial charge is 0.513 e. The lowest BCUT2D eigenvalue weighted by Crippen LogP contribution is -2.11. The van der Waals surface area contributed by atoms with E-state index in [0.717, 1.165) is 19.3 Å². The molecule has 0 saturated heterocycles. The normalized spacial score (nSPS) is 9.81. The van der Waals surface area contributed by atoms with E-state index in [1.807, 2.05) is 0 Å². The highest BCUT2D eigenvalue weighted by Gasteiger charge is 2.05. The third-order valence-electron chi connectivity index (χ3n) is 2.03. The smallest absolute Gasteiger partial charge is 0.434 e. The van der Waals surface area contributed by atoms with Crippen molar-refractivity contribution in [2.45, 2.75) is 26.2 Å². The van der Waals surface area contributed by atoms with Gasteiger partial charge in [0.2, 0.25) is 0 Å². The molecule has 0 aromatic heterocycles. The molecule has 1 rings (SSSR count). The highest BCUT2D eigenvalue weighted by molar-refractivity contribution is 5.64. The van der Waals surface area contributed by atoms with Crippen molar-refractivity contribution < 1.29 is 14.3 Å². The number of carbonyl (C=O) groups is 1. The van der Waals surface area contributed by atoms with Gasteiger partial charge in [0, 0.05) is 11.8 Å². The molecule has 16 heavy (non-hydrogen) atoms. The molecule has 4 heteroatoms. The first-order valence-electron chi connectivity index (χ1n) is 5.42. The zero-order valence-electron chi connectivity index (χ0n) is 9.44. The lowest BCUT2D eigenvalue weighted by atomic mass is 10.3. The van der Waals surface area contributed by atoms with Crippen molar-refractivity contribution in [2.24, 2.45) is 0 Å². The highest BCUT2D eigenvalue weighted by atomic mass is 16.7. The van der Waals surface area contributed by atoms with Gasteiger partial charge >= 0.3 is 6.16 Å². The molecule has 0 aliphatic rings. The number of unbranched alkanes of at least 4 members (excludes halogenated alkanes) is 2. The fourth-order valence-corrected chi connectivity index (χ4v) is 1.21. The Morgan fingerprint density at radius 1 is 1.38 bits per heavy atom. The lowest BCUT2D eigenvalue weighted by Gasteiger charge is -2.05. The maximum Gasteiger partial charge on any atom is 0.513 e. The third kappa shape index (κ3) is 4.68. The number of hydrogen-bond donors (Lipinski definition) is 1. The fraction of sp³-hybridized carbons (Fsp3) is 0.417. The van der Waals surface area contributed by atoms with Gasteiger partial charge < -0.3 is 15.2 Å². The number of carbonyl (C=O) groups excluding carboxylic acids is 1. The first kappa shape index (κ1) is 12.4. The van der Waals surface area contributed by atoms with Crippen LogP contribution >= 0.6 is 0 Å². The first-order valence-corrected chi connectivity index (χ1v) is 5.42. The van der Waals surface area contributed by atoms with E-state index in [2.05, 4.69) is 6.92 Å². The molecule has 0 aliphatic carbocycles. The second-order valence-corrected chi connectivity index (χ2v) is 3.48. The molecule has 88 valence electrons. The van der Waals surface area contributed by atoms with Crippen LogP contribution in [-0.2, 0) is 4.74 Å². The van der Waals surface area contributed by atoms with Gasteiger partial charge in [-0.1, -0.05) is 25.8 Å². The SMILES string of the molecule is CCCCCOC(=O)Oc1cccc(N)c1. The van der Waals surface area contributed by atoms with Gasteiger partial charge in [-0.25, -0.2) is 4.79 Å². The summed E-state index contributed by atoms with van der Waals surface area (Å²) in [5.74, 6) is 0.403. The molecule has 2 N–H and O–H groups in total. The predicted molar refractivity (Wildman–Crippen MR) is 62.4 cm³/mol. The Hall–Kier alpha value is -1.71. The minimum absolute atomic E-state index is 0.398. The number of nitrogens with two attached hydrogens (primary N) is 1. The molecule has 1 aromatic carbocycles. The number of hydrogen-bond acceptors (Lipinski definition) is 4. The molecule has 0 fully saturated rings. The minimum atomic E-state index is -0.679. The van der Waals surface area contributed by atoms with Crippen LogP contribution < -0.4 is 10.5 Å². The molecule has 0 spiro atoms. The fourth-order valence-electron chi connectivity index (χ4n) is 1.21. The van der Waals surface area contributed by atoms with Crippen LogP contribution in [0.5, 0.6) is 5.75 Å². The number of rotatable bonds is 5. The zero-order valence-corrected chi connectivity index (χ0v) is 9.44. The average Bonchev–Trinajstić information content (AvgIpc) is 2.24. The van der Waals surface area contributed by atoms with Gasteiger partial charge in [-0.15, -0.1) is 0 Å². The van der Waals surface area contributed by atoms with Crippen LogP contribution in [0.25, 0.3) is 0 Å². The predicted octanol–water partition coefficient (Wildman–Crippen LogP) is 2.97. The molecule has 0 atom stereocenters. The third-order valence-corrected chi connectivity index (χ3v) is 2.03. The maximum atomic E-state index is 11.2. The summed E-state index contributed by atoms with van der Waals surface area (Å²) in [6.07, 6.45) is 2.32. The van der Waals surface area contributed by atoms with E-state index >= 15 is 0 Å². The molecule has 4 nitrogen and oxygen atoms in total. The number of ether oxygens (including phenoxy) is 2. The Balaban J connectivity index is 2.29. The van der Waals surface area contributed by atoms with E-state index in [-0.39, 0.29) is 0 Å². The minimum Gasteiger partial charge on any atom is -0.434 e. The number of anilines is 1. The van der Waals surface area contributed by atoms with E-state index in [9.17, 15) is 4.79 Å². The van der Waals surface area contributed by atoms with Gasteiger partial charge in [0.25, 0.3) is 0 Å². The van der Waals surface area contributed by atoms with Crippen LogP contribution in [0.3, 0.4) is 0 Å². The summed E-state index contributed by atoms with van der Waals surface area (Å²) in [5, 5.41) is 0. The Bertz CT molecular complexity index is 339. The van der Waals surface area contributed by atoms with Gasteiger partial charge in [-0.3, -0.25) is 0 Å². The highest BCUT2D eigenvalue weighted by Crippen LogP contribution is 2.14. The summed E-state index contributed by atoms with van der Waals surface area (Å²) < 4.78 is 9.82. The van der Waals surface area contributed by atoms with E-state index in [1.54, 1.807) is 24.3 Å². The summed E-state index contributed by atoms with van der Waals surface area (Å²) in [7, 11) is 0. The molecule has 0 bridgehead atoms. The number of benzene rings is 1. The monoisotopic (exact) mass is 223 g/mol. The lowest BCUT2D eigenvalue weighted by molar-refractivity contribution is 0.0974. The zero-order chi connectivity index (χ0) is 11.8. The summed E-state index contributed by atoms with van der Waals surface area (Å²) in [5.41, 5.74) is 6.09. The Morgan fingerprint density at radius 2 is 2.19 bits per heavy atom. The Morgan fingerprint density at radius 3 is 2.88 bits per heavy atom. The van der Waals surface area contributed by atoms with Crippen molar-refractivity contribution in [3.8, 4) is 5.75 Å². The maximum absolute atomic E-state index is 11.2. The van der Waals surface area contributed by atoms with Gasteiger partial charge in [-0.2, -0.15) is 0 Å². The topological polar surface area (TPSA) is 61.5 Å². The van der Waals surface area contributed by atoms with Crippen molar-refractivity contribution in [2.75, 3.05) is 12.3 Å². The van der Waals surface area contributed by atoms with Crippen molar-refractivity contribution in [1.29, 1.82) is 0 Å². The standard InChI is InChI=1S/C12H17NO3/c1-2-3-4-8-15-12(14)16-11-7-5-6-10(13)9-11/h5-7,9H,2-4,8,13H2,1H3. The van der Waals surface area contributed by atoms with Crippen LogP contribution in [0.1, 0.15) is 26.2 Å². The van der Waals surface area contributed by atoms with Crippen LogP contribution in [0.15, 0.2) is 24.3 Å². The van der Waals surface area contributed by atoms with Crippen molar-refractivity contribution >= 4 is 11.8 Å². The molecular formula is C12H17NO3. The molecule has 0 radical (unpaired) electrons. The van der Waals surface area contributed by atoms with E-state index < -0.39 is 6.16 Å². The van der Waals surface area contributed by atoms with E-state index in [1.165, 1.54) is 0 Å². The molecule has 0 heterocycles. The van der Waals surface area contributed by atoms with Crippen molar-refractivity contribution in [1.82, 2.24) is 0 Å². The van der Waals surface area contributed by atoms with Gasteiger partial charge in [0.1, 0.15) is 5.75 Å². The van der Waals surface area contributed by atoms with Crippen LogP contribution in [-0.4, -0.2) is 12.8 Å². The summed E-state index contributed by atoms with van der Waals surface area (Å²) in [6.45, 7) is 2.49. The van der Waals surface area contributed by atoms with Crippen molar-refractivity contribution in [3.63, 3.8) is 0 Å².